The molecule has 0 fully saturated rings. The Morgan fingerprint density at radius 1 is 1.19 bits per heavy atom. The second-order valence-electron chi connectivity index (χ2n) is 6.90. The van der Waals surface area contributed by atoms with E-state index >= 15 is 0 Å². The standard InChI is InChI=1S/C22H24N6O3S/c1-3-28(14-17-7-5-4-6-8-17)18-11-9-16(10-12-18)13-23-25-19(29)15(2)32-21-20(30)24-22(31)27-26-21/h4-13,15H,3,14H2,1-2H3,(H,25,29)(H2,24,27,30,31)/b23-13+. The highest BCUT2D eigenvalue weighted by Gasteiger charge is 2.17. The van der Waals surface area contributed by atoms with Crippen LogP contribution in [0.15, 0.2) is 74.3 Å². The molecule has 0 bridgehead atoms. The molecule has 0 saturated heterocycles. The zero-order valence-corrected chi connectivity index (χ0v) is 18.6. The molecule has 3 N–H and O–H groups in total. The van der Waals surface area contributed by atoms with Gasteiger partial charge in [-0.1, -0.05) is 54.2 Å². The summed E-state index contributed by atoms with van der Waals surface area (Å²) in [6, 6.07) is 18.2. The Morgan fingerprint density at radius 2 is 1.91 bits per heavy atom. The van der Waals surface area contributed by atoms with Gasteiger partial charge in [0, 0.05) is 18.8 Å². The molecule has 0 aliphatic heterocycles. The Kier molecular flexibility index (Phi) is 7.98. The summed E-state index contributed by atoms with van der Waals surface area (Å²) in [6.07, 6.45) is 1.55. The van der Waals surface area contributed by atoms with E-state index in [2.05, 4.69) is 49.7 Å². The Morgan fingerprint density at radius 3 is 2.56 bits per heavy atom. The van der Waals surface area contributed by atoms with Crippen molar-refractivity contribution in [3.05, 3.63) is 86.6 Å². The maximum Gasteiger partial charge on any atom is 0.342 e. The lowest BCUT2D eigenvalue weighted by atomic mass is 10.1. The molecule has 1 amide bonds. The van der Waals surface area contributed by atoms with Crippen LogP contribution in [0.1, 0.15) is 25.0 Å². The number of aromatic amines is 2. The van der Waals surface area contributed by atoms with Crippen LogP contribution in [0, 0.1) is 0 Å². The van der Waals surface area contributed by atoms with E-state index in [9.17, 15) is 14.4 Å². The molecule has 32 heavy (non-hydrogen) atoms. The molecule has 0 aliphatic carbocycles. The summed E-state index contributed by atoms with van der Waals surface area (Å²) < 4.78 is 0. The van der Waals surface area contributed by atoms with Gasteiger partial charge in [0.15, 0.2) is 5.03 Å². The molecule has 166 valence electrons. The third kappa shape index (κ3) is 6.42. The zero-order chi connectivity index (χ0) is 22.9. The van der Waals surface area contributed by atoms with E-state index in [0.717, 1.165) is 36.1 Å². The number of aromatic nitrogens is 3. The van der Waals surface area contributed by atoms with E-state index < -0.39 is 22.4 Å². The Bertz CT molecular complexity index is 1170. The van der Waals surface area contributed by atoms with Crippen molar-refractivity contribution in [3.63, 3.8) is 0 Å². The first-order valence-corrected chi connectivity index (χ1v) is 10.9. The fourth-order valence-electron chi connectivity index (χ4n) is 2.86. The van der Waals surface area contributed by atoms with Gasteiger partial charge in [-0.05, 0) is 37.1 Å². The molecule has 1 aromatic heterocycles. The first-order valence-electron chi connectivity index (χ1n) is 10.0. The number of carbonyl (C=O) groups excluding carboxylic acids is 1. The third-order valence-corrected chi connectivity index (χ3v) is 5.65. The highest BCUT2D eigenvalue weighted by molar-refractivity contribution is 8.00. The predicted molar refractivity (Wildman–Crippen MR) is 126 cm³/mol. The van der Waals surface area contributed by atoms with Gasteiger partial charge in [-0.2, -0.15) is 10.2 Å². The van der Waals surface area contributed by atoms with Gasteiger partial charge in [-0.25, -0.2) is 15.3 Å². The second-order valence-corrected chi connectivity index (χ2v) is 8.23. The molecule has 1 unspecified atom stereocenters. The minimum atomic E-state index is -0.700. The predicted octanol–water partition coefficient (Wildman–Crippen LogP) is 2.12. The first kappa shape index (κ1) is 23.0. The average Bonchev–Trinajstić information content (AvgIpc) is 2.80. The van der Waals surface area contributed by atoms with Crippen LogP contribution in [0.3, 0.4) is 0 Å². The number of anilines is 1. The molecule has 0 aliphatic rings. The van der Waals surface area contributed by atoms with Crippen molar-refractivity contribution in [2.75, 3.05) is 11.4 Å². The molecule has 3 rings (SSSR count). The van der Waals surface area contributed by atoms with Gasteiger partial charge in [0.25, 0.3) is 11.5 Å². The summed E-state index contributed by atoms with van der Waals surface area (Å²) in [5.41, 5.74) is 4.29. The maximum absolute atomic E-state index is 12.2. The minimum absolute atomic E-state index is 0.00259. The molecule has 1 atom stereocenters. The van der Waals surface area contributed by atoms with Crippen molar-refractivity contribution in [2.24, 2.45) is 5.10 Å². The van der Waals surface area contributed by atoms with E-state index in [-0.39, 0.29) is 5.03 Å². The fraction of sp³-hybridized carbons (Fsp3) is 0.227. The van der Waals surface area contributed by atoms with Crippen molar-refractivity contribution in [1.82, 2.24) is 20.6 Å². The Hall–Kier alpha value is -3.66. The Labute approximate surface area is 189 Å². The van der Waals surface area contributed by atoms with E-state index in [1.165, 1.54) is 5.56 Å². The molecule has 0 saturated carbocycles. The SMILES string of the molecule is CCN(Cc1ccccc1)c1ccc(/C=N/NC(=O)C(C)Sc2n[nH]c(=O)[nH]c2=O)cc1. The fourth-order valence-corrected chi connectivity index (χ4v) is 3.61. The monoisotopic (exact) mass is 452 g/mol. The molecule has 10 heteroatoms. The molecule has 2 aromatic carbocycles. The van der Waals surface area contributed by atoms with Gasteiger partial charge in [0.2, 0.25) is 0 Å². The van der Waals surface area contributed by atoms with Crippen LogP contribution < -0.4 is 21.6 Å². The van der Waals surface area contributed by atoms with Gasteiger partial charge in [0.1, 0.15) is 0 Å². The molecular weight excluding hydrogens is 428 g/mol. The summed E-state index contributed by atoms with van der Waals surface area (Å²) >= 11 is 0.925. The van der Waals surface area contributed by atoms with Gasteiger partial charge < -0.3 is 4.90 Å². The maximum atomic E-state index is 12.2. The van der Waals surface area contributed by atoms with E-state index in [1.54, 1.807) is 13.1 Å². The van der Waals surface area contributed by atoms with Crippen molar-refractivity contribution in [1.29, 1.82) is 0 Å². The molecule has 3 aromatic rings. The topological polar surface area (TPSA) is 123 Å². The lowest BCUT2D eigenvalue weighted by molar-refractivity contribution is -0.120. The number of H-pyrrole nitrogens is 2. The van der Waals surface area contributed by atoms with Gasteiger partial charge in [-0.3, -0.25) is 14.6 Å². The highest BCUT2D eigenvalue weighted by atomic mass is 32.2. The van der Waals surface area contributed by atoms with Crippen LogP contribution in [0.25, 0.3) is 0 Å². The third-order valence-electron chi connectivity index (χ3n) is 4.58. The number of carbonyl (C=O) groups is 1. The van der Waals surface area contributed by atoms with Crippen molar-refractivity contribution in [3.8, 4) is 0 Å². The molecule has 1 heterocycles. The van der Waals surface area contributed by atoms with E-state index in [4.69, 9.17) is 0 Å². The number of benzene rings is 2. The summed E-state index contributed by atoms with van der Waals surface area (Å²) in [5, 5.41) is 9.13. The largest absolute Gasteiger partial charge is 0.367 e. The van der Waals surface area contributed by atoms with Crippen LogP contribution in [-0.2, 0) is 11.3 Å². The number of nitrogens with one attached hydrogen (secondary N) is 3. The van der Waals surface area contributed by atoms with Crippen molar-refractivity contribution < 1.29 is 4.79 Å². The number of amides is 1. The summed E-state index contributed by atoms with van der Waals surface area (Å²) in [7, 11) is 0. The summed E-state index contributed by atoms with van der Waals surface area (Å²) in [6.45, 7) is 5.43. The van der Waals surface area contributed by atoms with Crippen LogP contribution in [-0.4, -0.2) is 39.1 Å². The van der Waals surface area contributed by atoms with E-state index in [1.807, 2.05) is 42.5 Å². The molecule has 0 radical (unpaired) electrons. The van der Waals surface area contributed by atoms with Crippen molar-refractivity contribution in [2.45, 2.75) is 30.7 Å². The smallest absolute Gasteiger partial charge is 0.342 e. The van der Waals surface area contributed by atoms with Gasteiger partial charge in [-0.15, -0.1) is 0 Å². The zero-order valence-electron chi connectivity index (χ0n) is 17.7. The lowest BCUT2D eigenvalue weighted by Crippen LogP contribution is -2.30. The highest BCUT2D eigenvalue weighted by Crippen LogP contribution is 2.18. The number of hydrazone groups is 1. The normalized spacial score (nSPS) is 11.9. The summed E-state index contributed by atoms with van der Waals surface area (Å²) in [5.74, 6) is -0.393. The number of hydrogen-bond acceptors (Lipinski definition) is 7. The quantitative estimate of drug-likeness (QED) is 0.260. The number of thioether (sulfide) groups is 1. The van der Waals surface area contributed by atoms with Crippen LogP contribution in [0.4, 0.5) is 5.69 Å². The molecule has 9 nitrogen and oxygen atoms in total. The second kappa shape index (κ2) is 11.1. The van der Waals surface area contributed by atoms with Crippen LogP contribution in [0.2, 0.25) is 0 Å². The molecule has 0 spiro atoms. The first-order chi connectivity index (χ1) is 15.5. The average molecular weight is 453 g/mol. The lowest BCUT2D eigenvalue weighted by Gasteiger charge is -2.23. The van der Waals surface area contributed by atoms with Crippen molar-refractivity contribution >= 4 is 29.6 Å². The molecular formula is C22H24N6O3S. The summed E-state index contributed by atoms with van der Waals surface area (Å²) in [4.78, 5) is 39.2. The minimum Gasteiger partial charge on any atom is -0.367 e. The van der Waals surface area contributed by atoms with Crippen LogP contribution in [0.5, 0.6) is 0 Å². The number of hydrogen-bond donors (Lipinski definition) is 3. The van der Waals surface area contributed by atoms with Crippen LogP contribution >= 0.6 is 11.8 Å². The van der Waals surface area contributed by atoms with E-state index in [0.29, 0.717) is 0 Å². The van der Waals surface area contributed by atoms with Gasteiger partial charge in [0.05, 0.1) is 11.5 Å². The number of rotatable bonds is 9. The number of nitrogens with zero attached hydrogens (tertiary/aromatic N) is 3. The van der Waals surface area contributed by atoms with Gasteiger partial charge >= 0.3 is 5.69 Å². The Balaban J connectivity index is 1.55.